The number of ether oxygens (including phenoxy) is 1. The summed E-state index contributed by atoms with van der Waals surface area (Å²) in [4.78, 5) is 31.8. The van der Waals surface area contributed by atoms with Crippen molar-refractivity contribution < 1.29 is 19.4 Å². The third kappa shape index (κ3) is 4.37. The lowest BCUT2D eigenvalue weighted by molar-refractivity contribution is -0.140. The molecule has 33 heavy (non-hydrogen) atoms. The number of aromatic nitrogens is 1. The zero-order valence-corrected chi connectivity index (χ0v) is 18.9. The molecule has 1 aromatic heterocycles. The van der Waals surface area contributed by atoms with Crippen molar-refractivity contribution in [1.29, 1.82) is 0 Å². The van der Waals surface area contributed by atoms with Crippen molar-refractivity contribution in [2.75, 3.05) is 7.11 Å². The number of benzene rings is 2. The molecule has 0 radical (unpaired) electrons. The number of Topliss-reactive ketones (excluding diaryl/α,β-unsaturated/α-hetero) is 1. The Hall–Kier alpha value is -3.93. The smallest absolute Gasteiger partial charge is 0.295 e. The van der Waals surface area contributed by atoms with Crippen molar-refractivity contribution >= 4 is 17.4 Å². The average molecular weight is 443 g/mol. The van der Waals surface area contributed by atoms with Crippen molar-refractivity contribution in [2.24, 2.45) is 0 Å². The Labute approximate surface area is 193 Å². The number of hydrogen-bond acceptors (Lipinski definition) is 5. The minimum atomic E-state index is -0.707. The highest BCUT2D eigenvalue weighted by Crippen LogP contribution is 2.40. The van der Waals surface area contributed by atoms with Crippen LogP contribution in [-0.2, 0) is 16.1 Å². The van der Waals surface area contributed by atoms with Crippen LogP contribution >= 0.6 is 0 Å². The number of carbonyl (C=O) groups is 2. The summed E-state index contributed by atoms with van der Waals surface area (Å²) in [6.45, 7) is 4.43. The van der Waals surface area contributed by atoms with E-state index in [0.29, 0.717) is 17.2 Å². The van der Waals surface area contributed by atoms with Gasteiger partial charge in [0, 0.05) is 24.5 Å². The summed E-state index contributed by atoms with van der Waals surface area (Å²) < 4.78 is 5.22. The van der Waals surface area contributed by atoms with Crippen LogP contribution < -0.4 is 4.74 Å². The molecule has 0 bridgehead atoms. The lowest BCUT2D eigenvalue weighted by Crippen LogP contribution is -2.29. The van der Waals surface area contributed by atoms with Gasteiger partial charge in [-0.25, -0.2) is 0 Å². The number of methoxy groups -OCH3 is 1. The fraction of sp³-hybridized carbons (Fsp3) is 0.222. The fourth-order valence-corrected chi connectivity index (χ4v) is 4.05. The topological polar surface area (TPSA) is 79.7 Å². The SMILES string of the molecule is COc1ccc(CN2C(=O)C(=O)/C(=C(\O)c3ccncc3)C2c2ccc(C(C)C)cc2)cc1. The second kappa shape index (κ2) is 9.28. The number of carbonyl (C=O) groups excluding carboxylic acids is 2. The first-order valence-corrected chi connectivity index (χ1v) is 10.8. The van der Waals surface area contributed by atoms with E-state index in [-0.39, 0.29) is 17.9 Å². The highest BCUT2D eigenvalue weighted by Gasteiger charge is 2.46. The number of nitrogens with zero attached hydrogens (tertiary/aromatic N) is 2. The van der Waals surface area contributed by atoms with E-state index in [2.05, 4.69) is 18.8 Å². The Morgan fingerprint density at radius 2 is 1.64 bits per heavy atom. The zero-order chi connectivity index (χ0) is 23.5. The van der Waals surface area contributed by atoms with Crippen molar-refractivity contribution in [3.05, 3.63) is 101 Å². The van der Waals surface area contributed by atoms with E-state index in [4.69, 9.17) is 4.74 Å². The Morgan fingerprint density at radius 3 is 2.21 bits per heavy atom. The molecular weight excluding hydrogens is 416 g/mol. The lowest BCUT2D eigenvalue weighted by Gasteiger charge is -2.26. The molecule has 1 fully saturated rings. The molecule has 0 saturated carbocycles. The second-order valence-corrected chi connectivity index (χ2v) is 8.33. The number of aliphatic hydroxyl groups excluding tert-OH is 1. The maximum atomic E-state index is 13.1. The van der Waals surface area contributed by atoms with E-state index in [9.17, 15) is 14.7 Å². The molecule has 4 rings (SSSR count). The summed E-state index contributed by atoms with van der Waals surface area (Å²) in [6, 6.07) is 17.7. The van der Waals surface area contributed by atoms with Gasteiger partial charge in [-0.2, -0.15) is 0 Å². The standard InChI is InChI=1S/C27H26N2O4/c1-17(2)19-6-8-20(9-7-19)24-23(25(30)21-12-14-28-15-13-21)26(31)27(32)29(24)16-18-4-10-22(33-3)11-5-18/h4-15,17,24,30H,16H2,1-3H3/b25-23-. The van der Waals surface area contributed by atoms with Crippen LogP contribution in [0.5, 0.6) is 5.75 Å². The summed E-state index contributed by atoms with van der Waals surface area (Å²) in [5.74, 6) is -0.484. The minimum Gasteiger partial charge on any atom is -0.507 e. The van der Waals surface area contributed by atoms with Gasteiger partial charge >= 0.3 is 0 Å². The van der Waals surface area contributed by atoms with Gasteiger partial charge in [0.15, 0.2) is 0 Å². The quantitative estimate of drug-likeness (QED) is 0.336. The zero-order valence-electron chi connectivity index (χ0n) is 18.9. The first kappa shape index (κ1) is 22.3. The first-order chi connectivity index (χ1) is 15.9. The number of pyridine rings is 1. The Bertz CT molecular complexity index is 1180. The molecule has 6 nitrogen and oxygen atoms in total. The summed E-state index contributed by atoms with van der Waals surface area (Å²) in [6.07, 6.45) is 3.07. The third-order valence-electron chi connectivity index (χ3n) is 5.92. The van der Waals surface area contributed by atoms with E-state index >= 15 is 0 Å². The number of likely N-dealkylation sites (tertiary alicyclic amines) is 1. The van der Waals surface area contributed by atoms with E-state index in [1.165, 1.54) is 17.3 Å². The van der Waals surface area contributed by atoms with Crippen molar-refractivity contribution in [3.8, 4) is 5.75 Å². The fourth-order valence-electron chi connectivity index (χ4n) is 4.05. The van der Waals surface area contributed by atoms with Crippen LogP contribution in [0.2, 0.25) is 0 Å². The molecule has 2 aromatic carbocycles. The van der Waals surface area contributed by atoms with Crippen LogP contribution in [0, 0.1) is 0 Å². The third-order valence-corrected chi connectivity index (χ3v) is 5.92. The van der Waals surface area contributed by atoms with Crippen LogP contribution in [-0.4, -0.2) is 33.8 Å². The Morgan fingerprint density at radius 1 is 1.00 bits per heavy atom. The molecule has 1 N–H and O–H groups in total. The van der Waals surface area contributed by atoms with Crippen molar-refractivity contribution in [3.63, 3.8) is 0 Å². The van der Waals surface area contributed by atoms with E-state index in [1.54, 1.807) is 19.2 Å². The number of aliphatic hydroxyl groups is 1. The molecule has 6 heteroatoms. The molecule has 0 aliphatic carbocycles. The molecule has 0 spiro atoms. The van der Waals surface area contributed by atoms with Crippen LogP contribution in [0.3, 0.4) is 0 Å². The molecule has 1 aliphatic heterocycles. The summed E-state index contributed by atoms with van der Waals surface area (Å²) in [5, 5.41) is 11.1. The summed E-state index contributed by atoms with van der Waals surface area (Å²) in [5.41, 5.74) is 3.29. The van der Waals surface area contributed by atoms with Gasteiger partial charge < -0.3 is 14.7 Å². The monoisotopic (exact) mass is 442 g/mol. The molecule has 1 atom stereocenters. The van der Waals surface area contributed by atoms with Gasteiger partial charge in [0.05, 0.1) is 18.7 Å². The molecule has 168 valence electrons. The van der Waals surface area contributed by atoms with Crippen LogP contribution in [0.25, 0.3) is 5.76 Å². The van der Waals surface area contributed by atoms with Gasteiger partial charge in [-0.05, 0) is 46.9 Å². The van der Waals surface area contributed by atoms with Gasteiger partial charge in [0.1, 0.15) is 11.5 Å². The molecule has 1 unspecified atom stereocenters. The maximum absolute atomic E-state index is 13.1. The van der Waals surface area contributed by atoms with E-state index in [1.807, 2.05) is 48.5 Å². The van der Waals surface area contributed by atoms with E-state index < -0.39 is 17.7 Å². The van der Waals surface area contributed by atoms with Gasteiger partial charge in [0.2, 0.25) is 0 Å². The highest BCUT2D eigenvalue weighted by molar-refractivity contribution is 6.46. The largest absolute Gasteiger partial charge is 0.507 e. The summed E-state index contributed by atoms with van der Waals surface area (Å²) in [7, 11) is 1.59. The molecule has 3 aromatic rings. The van der Waals surface area contributed by atoms with Crippen molar-refractivity contribution in [2.45, 2.75) is 32.4 Å². The maximum Gasteiger partial charge on any atom is 0.295 e. The molecule has 2 heterocycles. The van der Waals surface area contributed by atoms with Crippen LogP contribution in [0.1, 0.15) is 48.1 Å². The van der Waals surface area contributed by atoms with Crippen LogP contribution in [0.4, 0.5) is 0 Å². The Balaban J connectivity index is 1.81. The van der Waals surface area contributed by atoms with Gasteiger partial charge in [-0.3, -0.25) is 14.6 Å². The summed E-state index contributed by atoms with van der Waals surface area (Å²) >= 11 is 0. The lowest BCUT2D eigenvalue weighted by atomic mass is 9.93. The second-order valence-electron chi connectivity index (χ2n) is 8.33. The van der Waals surface area contributed by atoms with Gasteiger partial charge in [0.25, 0.3) is 11.7 Å². The predicted molar refractivity (Wildman–Crippen MR) is 126 cm³/mol. The number of hydrogen-bond donors (Lipinski definition) is 1. The van der Waals surface area contributed by atoms with Gasteiger partial charge in [-0.1, -0.05) is 50.2 Å². The molecule has 1 saturated heterocycles. The predicted octanol–water partition coefficient (Wildman–Crippen LogP) is 4.84. The number of rotatable bonds is 6. The number of ketones is 1. The normalized spacial score (nSPS) is 17.6. The molecule has 1 aliphatic rings. The van der Waals surface area contributed by atoms with Crippen molar-refractivity contribution in [1.82, 2.24) is 9.88 Å². The van der Waals surface area contributed by atoms with Gasteiger partial charge in [-0.15, -0.1) is 0 Å². The highest BCUT2D eigenvalue weighted by atomic mass is 16.5. The molecular formula is C27H26N2O4. The average Bonchev–Trinajstić information content (AvgIpc) is 3.09. The first-order valence-electron chi connectivity index (χ1n) is 10.8. The Kier molecular flexibility index (Phi) is 6.27. The number of amides is 1. The van der Waals surface area contributed by atoms with Crippen LogP contribution in [0.15, 0.2) is 78.6 Å². The molecule has 1 amide bonds. The van der Waals surface area contributed by atoms with E-state index in [0.717, 1.165) is 16.7 Å². The minimum absolute atomic E-state index is 0.0806.